The summed E-state index contributed by atoms with van der Waals surface area (Å²) in [5.74, 6) is 0.373. The first kappa shape index (κ1) is 13.1. The van der Waals surface area contributed by atoms with Crippen LogP contribution < -0.4 is 4.90 Å². The molecule has 0 aromatic heterocycles. The van der Waals surface area contributed by atoms with Gasteiger partial charge in [-0.2, -0.15) is 0 Å². The van der Waals surface area contributed by atoms with Crippen LogP contribution in [0.3, 0.4) is 0 Å². The fourth-order valence-electron chi connectivity index (χ4n) is 3.24. The van der Waals surface area contributed by atoms with Gasteiger partial charge in [0, 0.05) is 11.1 Å². The van der Waals surface area contributed by atoms with Gasteiger partial charge in [0.05, 0.1) is 19.9 Å². The van der Waals surface area contributed by atoms with Gasteiger partial charge >= 0.3 is 0 Å². The van der Waals surface area contributed by atoms with E-state index in [0.29, 0.717) is 18.6 Å². The Bertz CT molecular complexity index is 527. The van der Waals surface area contributed by atoms with Crippen molar-refractivity contribution in [2.45, 2.75) is 24.9 Å². The summed E-state index contributed by atoms with van der Waals surface area (Å²) in [6.45, 7) is 0. The Kier molecular flexibility index (Phi) is 3.66. The molecule has 0 saturated carbocycles. The van der Waals surface area contributed by atoms with Gasteiger partial charge in [-0.25, -0.2) is 0 Å². The average molecular weight is 266 g/mol. The first-order chi connectivity index (χ1) is 9.75. The molecule has 20 heavy (non-hydrogen) atoms. The van der Waals surface area contributed by atoms with Crippen molar-refractivity contribution < 1.29 is 9.69 Å². The number of carbonyl (C=O) groups is 1. The van der Waals surface area contributed by atoms with Crippen LogP contribution in [-0.2, 0) is 4.79 Å². The zero-order valence-electron chi connectivity index (χ0n) is 11.8. The quantitative estimate of drug-likeness (QED) is 0.885. The van der Waals surface area contributed by atoms with Crippen LogP contribution in [0, 0.1) is 0 Å². The molecule has 0 radical (unpaired) electrons. The SMILES string of the molecule is C[NH+]1C(c2ccccc2)CC(=O)CC1c1ccccc1. The molecule has 2 aromatic carbocycles. The molecule has 1 saturated heterocycles. The molecule has 0 aliphatic carbocycles. The van der Waals surface area contributed by atoms with E-state index in [1.807, 2.05) is 12.1 Å². The maximum Gasteiger partial charge on any atom is 0.145 e. The van der Waals surface area contributed by atoms with Crippen molar-refractivity contribution in [1.82, 2.24) is 0 Å². The van der Waals surface area contributed by atoms with Gasteiger partial charge in [0.25, 0.3) is 0 Å². The predicted molar refractivity (Wildman–Crippen MR) is 79.5 cm³/mol. The Morgan fingerprint density at radius 2 is 1.20 bits per heavy atom. The predicted octanol–water partition coefficient (Wildman–Crippen LogP) is 2.35. The minimum atomic E-state index is 0.266. The maximum atomic E-state index is 12.2. The highest BCUT2D eigenvalue weighted by molar-refractivity contribution is 5.80. The molecule has 1 aliphatic rings. The zero-order chi connectivity index (χ0) is 13.9. The van der Waals surface area contributed by atoms with Gasteiger partial charge in [-0.3, -0.25) is 4.79 Å². The molecule has 2 aromatic rings. The van der Waals surface area contributed by atoms with Crippen molar-refractivity contribution in [3.63, 3.8) is 0 Å². The minimum absolute atomic E-state index is 0.266. The highest BCUT2D eigenvalue weighted by atomic mass is 16.1. The Labute approximate surface area is 120 Å². The van der Waals surface area contributed by atoms with Crippen LogP contribution in [0.25, 0.3) is 0 Å². The van der Waals surface area contributed by atoms with Crippen molar-refractivity contribution in [3.8, 4) is 0 Å². The molecule has 2 atom stereocenters. The lowest BCUT2D eigenvalue weighted by Gasteiger charge is -2.36. The van der Waals surface area contributed by atoms with Crippen LogP contribution >= 0.6 is 0 Å². The van der Waals surface area contributed by atoms with Crippen molar-refractivity contribution in [2.75, 3.05) is 7.05 Å². The molecular weight excluding hydrogens is 246 g/mol. The largest absolute Gasteiger partial charge is 0.324 e. The van der Waals surface area contributed by atoms with Gasteiger partial charge in [-0.15, -0.1) is 0 Å². The Morgan fingerprint density at radius 3 is 1.60 bits per heavy atom. The molecule has 1 N–H and O–H groups in total. The summed E-state index contributed by atoms with van der Waals surface area (Å²) in [4.78, 5) is 13.6. The number of rotatable bonds is 2. The number of ketones is 1. The van der Waals surface area contributed by atoms with Gasteiger partial charge in [0.2, 0.25) is 0 Å². The number of hydrogen-bond donors (Lipinski definition) is 1. The van der Waals surface area contributed by atoms with Crippen LogP contribution in [0.4, 0.5) is 0 Å². The lowest BCUT2D eigenvalue weighted by Crippen LogP contribution is -3.10. The third-order valence-corrected chi connectivity index (χ3v) is 4.37. The first-order valence-corrected chi connectivity index (χ1v) is 7.20. The zero-order valence-corrected chi connectivity index (χ0v) is 11.8. The summed E-state index contributed by atoms with van der Waals surface area (Å²) in [7, 11) is 2.21. The highest BCUT2D eigenvalue weighted by Gasteiger charge is 2.37. The van der Waals surface area contributed by atoms with Crippen LogP contribution in [0.1, 0.15) is 36.1 Å². The topological polar surface area (TPSA) is 21.5 Å². The summed E-state index contributed by atoms with van der Waals surface area (Å²) in [6.07, 6.45) is 1.30. The van der Waals surface area contributed by atoms with Crippen molar-refractivity contribution in [2.24, 2.45) is 0 Å². The Morgan fingerprint density at radius 1 is 0.800 bits per heavy atom. The fraction of sp³-hybridized carbons (Fsp3) is 0.278. The molecule has 1 fully saturated rings. The Hall–Kier alpha value is -1.93. The van der Waals surface area contributed by atoms with E-state index in [9.17, 15) is 4.79 Å². The Balaban J connectivity index is 1.92. The molecule has 1 heterocycles. The standard InChI is InChI=1S/C18H19NO/c1-19-17(14-8-4-2-5-9-14)12-16(20)13-18(19)15-10-6-3-7-11-15/h2-11,17-18H,12-13H2,1H3/p+1. The molecule has 2 heteroatoms. The average Bonchev–Trinajstić information content (AvgIpc) is 2.51. The molecule has 2 unspecified atom stereocenters. The molecular formula is C18H20NO+. The van der Waals surface area contributed by atoms with Gasteiger partial charge in [-0.05, 0) is 0 Å². The summed E-state index contributed by atoms with van der Waals surface area (Å²) in [5.41, 5.74) is 2.53. The van der Waals surface area contributed by atoms with Crippen molar-refractivity contribution in [3.05, 3.63) is 71.8 Å². The number of quaternary nitrogens is 1. The fourth-order valence-corrected chi connectivity index (χ4v) is 3.24. The van der Waals surface area contributed by atoms with Gasteiger partial charge < -0.3 is 4.90 Å². The third kappa shape index (κ3) is 2.52. The molecule has 1 aliphatic heterocycles. The van der Waals surface area contributed by atoms with Crippen LogP contribution in [0.5, 0.6) is 0 Å². The van der Waals surface area contributed by atoms with E-state index < -0.39 is 0 Å². The third-order valence-electron chi connectivity index (χ3n) is 4.37. The summed E-state index contributed by atoms with van der Waals surface area (Å²) >= 11 is 0. The van der Waals surface area contributed by atoms with E-state index in [4.69, 9.17) is 0 Å². The van der Waals surface area contributed by atoms with E-state index in [1.165, 1.54) is 16.0 Å². The van der Waals surface area contributed by atoms with Crippen molar-refractivity contribution in [1.29, 1.82) is 0 Å². The van der Waals surface area contributed by atoms with Crippen molar-refractivity contribution >= 4 is 5.78 Å². The molecule has 102 valence electrons. The number of hydrogen-bond acceptors (Lipinski definition) is 1. The van der Waals surface area contributed by atoms with E-state index in [2.05, 4.69) is 55.6 Å². The molecule has 3 rings (SSSR count). The smallest absolute Gasteiger partial charge is 0.145 e. The normalized spacial score (nSPS) is 26.4. The van der Waals surface area contributed by atoms with Gasteiger partial charge in [0.15, 0.2) is 0 Å². The highest BCUT2D eigenvalue weighted by Crippen LogP contribution is 2.25. The summed E-state index contributed by atoms with van der Waals surface area (Å²) in [6, 6.07) is 21.3. The van der Waals surface area contributed by atoms with Gasteiger partial charge in [-0.1, -0.05) is 60.7 Å². The summed E-state index contributed by atoms with van der Waals surface area (Å²) < 4.78 is 0. The second-order valence-corrected chi connectivity index (χ2v) is 5.62. The maximum absolute atomic E-state index is 12.2. The van der Waals surface area contributed by atoms with E-state index in [1.54, 1.807) is 0 Å². The number of likely N-dealkylation sites (tertiary alicyclic amines) is 1. The number of carbonyl (C=O) groups excluding carboxylic acids is 1. The van der Waals surface area contributed by atoms with Crippen LogP contribution in [0.15, 0.2) is 60.7 Å². The van der Waals surface area contributed by atoms with Crippen LogP contribution in [0.2, 0.25) is 0 Å². The molecule has 2 nitrogen and oxygen atoms in total. The monoisotopic (exact) mass is 266 g/mol. The van der Waals surface area contributed by atoms with Gasteiger partial charge in [0.1, 0.15) is 17.9 Å². The number of nitrogens with one attached hydrogen (secondary N) is 1. The number of piperidine rings is 1. The second kappa shape index (κ2) is 5.59. The first-order valence-electron chi connectivity index (χ1n) is 7.20. The second-order valence-electron chi connectivity index (χ2n) is 5.62. The lowest BCUT2D eigenvalue weighted by atomic mass is 9.87. The van der Waals surface area contributed by atoms with E-state index in [-0.39, 0.29) is 12.1 Å². The van der Waals surface area contributed by atoms with Crippen LogP contribution in [-0.4, -0.2) is 12.8 Å². The molecule has 0 amide bonds. The molecule has 0 bridgehead atoms. The van der Waals surface area contributed by atoms with E-state index >= 15 is 0 Å². The molecule has 0 spiro atoms. The van der Waals surface area contributed by atoms with E-state index in [0.717, 1.165) is 0 Å². The minimum Gasteiger partial charge on any atom is -0.324 e. The number of Topliss-reactive ketones (excluding diaryl/α,β-unsaturated/α-hetero) is 1. The number of benzene rings is 2. The summed E-state index contributed by atoms with van der Waals surface area (Å²) in [5, 5.41) is 0. The lowest BCUT2D eigenvalue weighted by molar-refractivity contribution is -0.945.